The molecule has 0 radical (unpaired) electrons. The summed E-state index contributed by atoms with van der Waals surface area (Å²) in [7, 11) is 0. The first-order valence-electron chi connectivity index (χ1n) is 5.45. The van der Waals surface area contributed by atoms with Crippen LogP contribution in [-0.2, 0) is 0 Å². The Morgan fingerprint density at radius 1 is 0.875 bits per heavy atom. The second-order valence-corrected chi connectivity index (χ2v) is 4.04. The van der Waals surface area contributed by atoms with Crippen molar-refractivity contribution in [2.24, 2.45) is 0 Å². The van der Waals surface area contributed by atoms with Crippen molar-refractivity contribution >= 4 is 21.8 Å². The molecule has 1 heterocycles. The van der Waals surface area contributed by atoms with Gasteiger partial charge in [-0.05, 0) is 19.1 Å². The fraction of sp³-hybridized carbons (Fsp3) is 0.143. The number of aliphatic hydroxyl groups excluding tert-OH is 1. The second-order valence-electron chi connectivity index (χ2n) is 4.04. The Morgan fingerprint density at radius 3 is 1.75 bits per heavy atom. The van der Waals surface area contributed by atoms with Gasteiger partial charge in [0, 0.05) is 10.8 Å². The van der Waals surface area contributed by atoms with Gasteiger partial charge in [-0.25, -0.2) is 0 Å². The van der Waals surface area contributed by atoms with Crippen LogP contribution in [-0.4, -0.2) is 9.67 Å². The number of rotatable bonds is 1. The highest BCUT2D eigenvalue weighted by Crippen LogP contribution is 2.30. The summed E-state index contributed by atoms with van der Waals surface area (Å²) in [5, 5.41) is 12.3. The third-order valence-corrected chi connectivity index (χ3v) is 2.99. The third-order valence-electron chi connectivity index (χ3n) is 2.99. The van der Waals surface area contributed by atoms with Gasteiger partial charge in [0.25, 0.3) is 0 Å². The first kappa shape index (κ1) is 9.43. The normalized spacial score (nSPS) is 13.4. The summed E-state index contributed by atoms with van der Waals surface area (Å²) in [6, 6.07) is 16.3. The highest BCUT2D eigenvalue weighted by atomic mass is 16.3. The predicted molar refractivity (Wildman–Crippen MR) is 66.4 cm³/mol. The van der Waals surface area contributed by atoms with Gasteiger partial charge >= 0.3 is 0 Å². The maximum atomic E-state index is 9.87. The standard InChI is InChI=1S/C14H13NO/c1-10(16)15-13-8-4-2-6-11(13)12-7-3-5-9-14(12)15/h2-10,16H,1H3/t10-/m0/s1. The van der Waals surface area contributed by atoms with E-state index in [1.54, 1.807) is 6.92 Å². The van der Waals surface area contributed by atoms with E-state index in [0.29, 0.717) is 0 Å². The molecule has 0 fully saturated rings. The van der Waals surface area contributed by atoms with Gasteiger partial charge in [0.15, 0.2) is 0 Å². The van der Waals surface area contributed by atoms with Crippen LogP contribution in [0.4, 0.5) is 0 Å². The molecule has 0 amide bonds. The monoisotopic (exact) mass is 211 g/mol. The zero-order chi connectivity index (χ0) is 11.1. The summed E-state index contributed by atoms with van der Waals surface area (Å²) in [5.41, 5.74) is 2.16. The largest absolute Gasteiger partial charge is 0.374 e. The predicted octanol–water partition coefficient (Wildman–Crippen LogP) is 3.31. The molecule has 2 aromatic carbocycles. The maximum absolute atomic E-state index is 9.87. The molecule has 1 atom stereocenters. The highest BCUT2D eigenvalue weighted by molar-refractivity contribution is 6.08. The van der Waals surface area contributed by atoms with Gasteiger partial charge in [-0.3, -0.25) is 0 Å². The summed E-state index contributed by atoms with van der Waals surface area (Å²) in [4.78, 5) is 0. The van der Waals surface area contributed by atoms with E-state index in [4.69, 9.17) is 0 Å². The lowest BCUT2D eigenvalue weighted by Gasteiger charge is -2.09. The average Bonchev–Trinajstić information content (AvgIpc) is 2.63. The Bertz CT molecular complexity index is 599. The minimum absolute atomic E-state index is 0.509. The van der Waals surface area contributed by atoms with Crippen molar-refractivity contribution < 1.29 is 5.11 Å². The third kappa shape index (κ3) is 1.17. The van der Waals surface area contributed by atoms with E-state index in [-0.39, 0.29) is 0 Å². The van der Waals surface area contributed by atoms with Crippen LogP contribution in [0.2, 0.25) is 0 Å². The van der Waals surface area contributed by atoms with Crippen LogP contribution in [0.1, 0.15) is 13.2 Å². The molecule has 1 aromatic heterocycles. The lowest BCUT2D eigenvalue weighted by Crippen LogP contribution is -2.02. The van der Waals surface area contributed by atoms with Crippen LogP contribution >= 0.6 is 0 Å². The number of hydrogen-bond donors (Lipinski definition) is 1. The van der Waals surface area contributed by atoms with Gasteiger partial charge in [-0.2, -0.15) is 0 Å². The molecular weight excluding hydrogens is 198 g/mol. The van der Waals surface area contributed by atoms with Crippen LogP contribution in [0.3, 0.4) is 0 Å². The molecule has 0 saturated heterocycles. The maximum Gasteiger partial charge on any atom is 0.128 e. The van der Waals surface area contributed by atoms with Gasteiger partial charge < -0.3 is 9.67 Å². The fourth-order valence-corrected chi connectivity index (χ4v) is 2.36. The molecule has 0 aliphatic carbocycles. The fourth-order valence-electron chi connectivity index (χ4n) is 2.36. The van der Waals surface area contributed by atoms with Gasteiger partial charge in [0.05, 0.1) is 11.0 Å². The Hall–Kier alpha value is -1.80. The van der Waals surface area contributed by atoms with E-state index in [2.05, 4.69) is 12.1 Å². The minimum Gasteiger partial charge on any atom is -0.374 e. The van der Waals surface area contributed by atoms with Crippen molar-refractivity contribution in [1.82, 2.24) is 4.57 Å². The van der Waals surface area contributed by atoms with Crippen molar-refractivity contribution in [3.63, 3.8) is 0 Å². The van der Waals surface area contributed by atoms with E-state index in [1.165, 1.54) is 10.8 Å². The zero-order valence-corrected chi connectivity index (χ0v) is 9.09. The molecule has 3 rings (SSSR count). The van der Waals surface area contributed by atoms with Crippen LogP contribution in [0.5, 0.6) is 0 Å². The Balaban J connectivity index is 2.59. The Labute approximate surface area is 93.7 Å². The second kappa shape index (κ2) is 3.35. The molecule has 3 aromatic rings. The summed E-state index contributed by atoms with van der Waals surface area (Å²) in [5.74, 6) is 0. The number of nitrogens with zero attached hydrogens (tertiary/aromatic N) is 1. The molecule has 0 unspecified atom stereocenters. The number of benzene rings is 2. The lowest BCUT2D eigenvalue weighted by molar-refractivity contribution is 0.134. The van der Waals surface area contributed by atoms with Crippen molar-refractivity contribution in [3.8, 4) is 0 Å². The van der Waals surface area contributed by atoms with E-state index >= 15 is 0 Å². The first-order chi connectivity index (χ1) is 7.79. The Kier molecular flexibility index (Phi) is 1.98. The zero-order valence-electron chi connectivity index (χ0n) is 9.09. The van der Waals surface area contributed by atoms with E-state index in [0.717, 1.165) is 11.0 Å². The highest BCUT2D eigenvalue weighted by Gasteiger charge is 2.11. The van der Waals surface area contributed by atoms with Crippen LogP contribution < -0.4 is 0 Å². The molecule has 80 valence electrons. The number of para-hydroxylation sites is 2. The lowest BCUT2D eigenvalue weighted by atomic mass is 10.2. The Morgan fingerprint density at radius 2 is 1.31 bits per heavy atom. The molecule has 0 spiro atoms. The average molecular weight is 211 g/mol. The van der Waals surface area contributed by atoms with E-state index in [9.17, 15) is 5.11 Å². The van der Waals surface area contributed by atoms with Gasteiger partial charge in [-0.1, -0.05) is 36.4 Å². The molecule has 16 heavy (non-hydrogen) atoms. The van der Waals surface area contributed by atoms with E-state index < -0.39 is 6.23 Å². The summed E-state index contributed by atoms with van der Waals surface area (Å²) in [6.45, 7) is 1.79. The van der Waals surface area contributed by atoms with Gasteiger partial charge in [0.2, 0.25) is 0 Å². The summed E-state index contributed by atoms with van der Waals surface area (Å²) < 4.78 is 1.96. The van der Waals surface area contributed by atoms with Crippen molar-refractivity contribution in [2.75, 3.05) is 0 Å². The molecule has 0 aliphatic rings. The summed E-state index contributed by atoms with van der Waals surface area (Å²) in [6.07, 6.45) is -0.509. The van der Waals surface area contributed by atoms with E-state index in [1.807, 2.05) is 41.0 Å². The number of hydrogen-bond acceptors (Lipinski definition) is 1. The molecule has 2 heteroatoms. The molecule has 0 bridgehead atoms. The SMILES string of the molecule is C[C@H](O)n1c2ccccc2c2ccccc21. The van der Waals surface area contributed by atoms with Crippen molar-refractivity contribution in [2.45, 2.75) is 13.2 Å². The summed E-state index contributed by atoms with van der Waals surface area (Å²) >= 11 is 0. The van der Waals surface area contributed by atoms with Crippen LogP contribution in [0, 0.1) is 0 Å². The number of fused-ring (bicyclic) bond motifs is 3. The van der Waals surface area contributed by atoms with Crippen LogP contribution in [0.15, 0.2) is 48.5 Å². The first-order valence-corrected chi connectivity index (χ1v) is 5.45. The smallest absolute Gasteiger partial charge is 0.128 e. The van der Waals surface area contributed by atoms with Gasteiger partial charge in [-0.15, -0.1) is 0 Å². The molecule has 0 aliphatic heterocycles. The molecule has 1 N–H and O–H groups in total. The quantitative estimate of drug-likeness (QED) is 0.656. The molecule has 2 nitrogen and oxygen atoms in total. The van der Waals surface area contributed by atoms with Crippen molar-refractivity contribution in [1.29, 1.82) is 0 Å². The van der Waals surface area contributed by atoms with Crippen molar-refractivity contribution in [3.05, 3.63) is 48.5 Å². The number of aromatic nitrogens is 1. The minimum atomic E-state index is -0.509. The molecule has 0 saturated carbocycles. The van der Waals surface area contributed by atoms with Crippen LogP contribution in [0.25, 0.3) is 21.8 Å². The number of aliphatic hydroxyl groups is 1. The molecular formula is C14H13NO. The topological polar surface area (TPSA) is 25.2 Å². The van der Waals surface area contributed by atoms with Gasteiger partial charge in [0.1, 0.15) is 6.23 Å².